The number of hydrogen-bond acceptors (Lipinski definition) is 2. The summed E-state index contributed by atoms with van der Waals surface area (Å²) in [5, 5.41) is 18.0. The molecule has 1 heterocycles. The maximum atomic E-state index is 10.9. The summed E-state index contributed by atoms with van der Waals surface area (Å²) in [5.74, 6) is 1.78. The van der Waals surface area contributed by atoms with Crippen molar-refractivity contribution in [2.75, 3.05) is 13.1 Å². The van der Waals surface area contributed by atoms with Gasteiger partial charge in [-0.25, -0.2) is 4.79 Å². The van der Waals surface area contributed by atoms with Crippen LogP contribution in [0.15, 0.2) is 0 Å². The highest BCUT2D eigenvalue weighted by molar-refractivity contribution is 5.64. The molecule has 0 aromatic carbocycles. The lowest BCUT2D eigenvalue weighted by atomic mass is 9.74. The van der Waals surface area contributed by atoms with Crippen LogP contribution in [-0.4, -0.2) is 29.2 Å². The molecule has 4 nitrogen and oxygen atoms in total. The Kier molecular flexibility index (Phi) is 4.46. The van der Waals surface area contributed by atoms with E-state index in [4.69, 9.17) is 10.4 Å². The number of piperidine rings is 1. The third kappa shape index (κ3) is 2.95. The van der Waals surface area contributed by atoms with E-state index in [0.717, 1.165) is 12.8 Å². The average molecular weight is 250 g/mol. The molecule has 1 aliphatic heterocycles. The first-order chi connectivity index (χ1) is 8.72. The second-order valence-electron chi connectivity index (χ2n) is 5.68. The van der Waals surface area contributed by atoms with E-state index in [9.17, 15) is 4.79 Å². The Bertz CT molecular complexity index is 323. The Morgan fingerprint density at radius 3 is 2.28 bits per heavy atom. The molecule has 0 unspecified atom stereocenters. The highest BCUT2D eigenvalue weighted by Gasteiger charge is 2.34. The van der Waals surface area contributed by atoms with E-state index in [1.54, 1.807) is 0 Å². The second kappa shape index (κ2) is 6.08. The number of rotatable bonds is 3. The Balaban J connectivity index is 1.92. The molecule has 1 atom stereocenters. The van der Waals surface area contributed by atoms with Gasteiger partial charge in [0.15, 0.2) is 0 Å². The van der Waals surface area contributed by atoms with Gasteiger partial charge in [0.1, 0.15) is 0 Å². The van der Waals surface area contributed by atoms with Crippen molar-refractivity contribution in [1.29, 1.82) is 5.26 Å². The summed E-state index contributed by atoms with van der Waals surface area (Å²) in [7, 11) is 0. The van der Waals surface area contributed by atoms with Gasteiger partial charge in [0.25, 0.3) is 0 Å². The van der Waals surface area contributed by atoms with Crippen LogP contribution in [0.4, 0.5) is 4.79 Å². The molecule has 1 saturated heterocycles. The van der Waals surface area contributed by atoms with E-state index in [1.165, 1.54) is 30.6 Å². The molecule has 4 heteroatoms. The zero-order valence-electron chi connectivity index (χ0n) is 10.8. The van der Waals surface area contributed by atoms with Crippen LogP contribution in [-0.2, 0) is 0 Å². The van der Waals surface area contributed by atoms with Crippen LogP contribution in [0.25, 0.3) is 0 Å². The number of amides is 1. The number of hydrogen-bond donors (Lipinski definition) is 1. The van der Waals surface area contributed by atoms with Gasteiger partial charge in [-0.2, -0.15) is 5.26 Å². The molecule has 2 fully saturated rings. The first-order valence-electron chi connectivity index (χ1n) is 7.07. The lowest BCUT2D eigenvalue weighted by molar-refractivity contribution is 0.100. The molecule has 0 aromatic rings. The summed E-state index contributed by atoms with van der Waals surface area (Å²) in [5.41, 5.74) is 0. The number of carboxylic acid groups (broad SMARTS) is 1. The maximum absolute atomic E-state index is 10.9. The molecule has 0 bridgehead atoms. The van der Waals surface area contributed by atoms with E-state index in [1.807, 2.05) is 0 Å². The molecule has 1 N–H and O–H groups in total. The zero-order valence-corrected chi connectivity index (χ0v) is 10.8. The third-order valence-electron chi connectivity index (χ3n) is 4.75. The average Bonchev–Trinajstić information content (AvgIpc) is 2.90. The van der Waals surface area contributed by atoms with Crippen molar-refractivity contribution in [1.82, 2.24) is 4.90 Å². The van der Waals surface area contributed by atoms with Gasteiger partial charge in [-0.3, -0.25) is 0 Å². The summed E-state index contributed by atoms with van der Waals surface area (Å²) in [6.07, 6.45) is 6.89. The molecule has 2 rings (SSSR count). The lowest BCUT2D eigenvalue weighted by Gasteiger charge is -2.36. The van der Waals surface area contributed by atoms with E-state index >= 15 is 0 Å². The first-order valence-corrected chi connectivity index (χ1v) is 7.07. The van der Waals surface area contributed by atoms with E-state index in [0.29, 0.717) is 37.3 Å². The number of likely N-dealkylation sites (tertiary alicyclic amines) is 1. The fraction of sp³-hybridized carbons (Fsp3) is 0.857. The van der Waals surface area contributed by atoms with Crippen LogP contribution in [0.5, 0.6) is 0 Å². The van der Waals surface area contributed by atoms with E-state index < -0.39 is 6.09 Å². The quantitative estimate of drug-likeness (QED) is 0.837. The van der Waals surface area contributed by atoms with Crippen molar-refractivity contribution in [3.63, 3.8) is 0 Å². The van der Waals surface area contributed by atoms with Gasteiger partial charge in [-0.05, 0) is 30.6 Å². The molecule has 0 radical (unpaired) electrons. The molecule has 100 valence electrons. The second-order valence-corrected chi connectivity index (χ2v) is 5.68. The molecular weight excluding hydrogens is 228 g/mol. The Morgan fingerprint density at radius 1 is 1.22 bits per heavy atom. The van der Waals surface area contributed by atoms with Crippen molar-refractivity contribution in [3.05, 3.63) is 0 Å². The molecule has 1 amide bonds. The van der Waals surface area contributed by atoms with Crippen molar-refractivity contribution < 1.29 is 9.90 Å². The van der Waals surface area contributed by atoms with Crippen LogP contribution in [0.1, 0.15) is 44.9 Å². The molecule has 1 saturated carbocycles. The minimum absolute atomic E-state index is 0.508. The Morgan fingerprint density at radius 2 is 1.78 bits per heavy atom. The van der Waals surface area contributed by atoms with Gasteiger partial charge in [-0.1, -0.05) is 25.7 Å². The molecule has 2 aliphatic rings. The Labute approximate surface area is 109 Å². The highest BCUT2D eigenvalue weighted by atomic mass is 16.4. The fourth-order valence-electron chi connectivity index (χ4n) is 3.73. The minimum Gasteiger partial charge on any atom is -0.465 e. The number of carbonyl (C=O) groups is 1. The number of nitrogens with zero attached hydrogens (tertiary/aromatic N) is 2. The van der Waals surface area contributed by atoms with E-state index in [2.05, 4.69) is 6.07 Å². The normalized spacial score (nSPS) is 23.8. The molecule has 18 heavy (non-hydrogen) atoms. The van der Waals surface area contributed by atoms with Gasteiger partial charge in [0.05, 0.1) is 6.07 Å². The van der Waals surface area contributed by atoms with Crippen LogP contribution >= 0.6 is 0 Å². The maximum Gasteiger partial charge on any atom is 0.407 e. The van der Waals surface area contributed by atoms with Gasteiger partial charge in [0.2, 0.25) is 0 Å². The van der Waals surface area contributed by atoms with Crippen molar-refractivity contribution in [3.8, 4) is 6.07 Å². The van der Waals surface area contributed by atoms with Crippen molar-refractivity contribution in [2.45, 2.75) is 44.9 Å². The largest absolute Gasteiger partial charge is 0.465 e. The van der Waals surface area contributed by atoms with Crippen LogP contribution in [0.2, 0.25) is 0 Å². The summed E-state index contributed by atoms with van der Waals surface area (Å²) in [6.45, 7) is 1.29. The molecule has 0 spiro atoms. The molecule has 1 aliphatic carbocycles. The SMILES string of the molecule is N#CC[C@@H](C1CCCC1)C1CCN(C(=O)O)CC1. The molecular formula is C14H22N2O2. The fourth-order valence-corrected chi connectivity index (χ4v) is 3.73. The standard InChI is InChI=1S/C14H22N2O2/c15-8-5-13(11-3-1-2-4-11)12-6-9-16(10-7-12)14(17)18/h11-13H,1-7,9-10H2,(H,17,18)/t13-/m0/s1. The lowest BCUT2D eigenvalue weighted by Crippen LogP contribution is -2.40. The first kappa shape index (κ1) is 13.2. The minimum atomic E-state index is -0.800. The van der Waals surface area contributed by atoms with E-state index in [-0.39, 0.29) is 0 Å². The predicted molar refractivity (Wildman–Crippen MR) is 68.0 cm³/mol. The summed E-state index contributed by atoms with van der Waals surface area (Å²) in [4.78, 5) is 12.4. The Hall–Kier alpha value is -1.24. The van der Waals surface area contributed by atoms with Crippen molar-refractivity contribution in [2.24, 2.45) is 17.8 Å². The predicted octanol–water partition coefficient (Wildman–Crippen LogP) is 3.10. The topological polar surface area (TPSA) is 64.3 Å². The molecule has 0 aromatic heterocycles. The zero-order chi connectivity index (χ0) is 13.0. The van der Waals surface area contributed by atoms with Crippen molar-refractivity contribution >= 4 is 6.09 Å². The van der Waals surface area contributed by atoms with Crippen LogP contribution in [0.3, 0.4) is 0 Å². The summed E-state index contributed by atoms with van der Waals surface area (Å²) < 4.78 is 0. The summed E-state index contributed by atoms with van der Waals surface area (Å²) in [6, 6.07) is 2.35. The van der Waals surface area contributed by atoms with Gasteiger partial charge >= 0.3 is 6.09 Å². The smallest absolute Gasteiger partial charge is 0.407 e. The highest BCUT2D eigenvalue weighted by Crippen LogP contribution is 2.40. The van der Waals surface area contributed by atoms with Crippen LogP contribution in [0, 0.1) is 29.1 Å². The monoisotopic (exact) mass is 250 g/mol. The van der Waals surface area contributed by atoms with Gasteiger partial charge in [-0.15, -0.1) is 0 Å². The van der Waals surface area contributed by atoms with Gasteiger partial charge < -0.3 is 10.0 Å². The summed E-state index contributed by atoms with van der Waals surface area (Å²) >= 11 is 0. The van der Waals surface area contributed by atoms with Gasteiger partial charge in [0, 0.05) is 19.5 Å². The van der Waals surface area contributed by atoms with Crippen LogP contribution < -0.4 is 0 Å². The third-order valence-corrected chi connectivity index (χ3v) is 4.75. The number of nitriles is 1.